The third-order valence-corrected chi connectivity index (χ3v) is 2.90. The number of rotatable bonds is 5. The highest BCUT2D eigenvalue weighted by Crippen LogP contribution is 2.19. The first-order valence-electron chi connectivity index (χ1n) is 6.01. The van der Waals surface area contributed by atoms with Crippen molar-refractivity contribution in [1.82, 2.24) is 19.5 Å². The smallest absolute Gasteiger partial charge is 0.335 e. The van der Waals surface area contributed by atoms with Crippen LogP contribution in [0.1, 0.15) is 13.3 Å². The summed E-state index contributed by atoms with van der Waals surface area (Å²) in [4.78, 5) is 23.2. The highest BCUT2D eigenvalue weighted by molar-refractivity contribution is 6.33. The number of nitrogens with zero attached hydrogens (tertiary/aromatic N) is 4. The molecule has 1 atom stereocenters. The van der Waals surface area contributed by atoms with Gasteiger partial charge < -0.3 is 20.1 Å². The molecule has 108 valence electrons. The molecule has 2 rings (SSSR count). The first-order valence-corrected chi connectivity index (χ1v) is 6.39. The number of imidazole rings is 1. The molecule has 0 saturated heterocycles. The molecule has 0 aromatic carbocycles. The molecule has 9 heteroatoms. The number of nitrogens with two attached hydrogens (primary N) is 1. The molecular weight excluding hydrogens is 286 g/mol. The molecule has 2 heterocycles. The number of hydrogen-bond acceptors (Lipinski definition) is 7. The van der Waals surface area contributed by atoms with Gasteiger partial charge in [0, 0.05) is 13.0 Å². The lowest BCUT2D eigenvalue weighted by molar-refractivity contribution is -0.153. The molecule has 0 aliphatic rings. The minimum atomic E-state index is -1.19. The molecule has 0 fully saturated rings. The van der Waals surface area contributed by atoms with Crippen LogP contribution in [0.4, 0.5) is 5.95 Å². The van der Waals surface area contributed by atoms with Crippen LogP contribution in [0.25, 0.3) is 11.2 Å². The molecular formula is C11H14ClN5O3. The standard InChI is InChI=1S/C11H14ClN5O3/c1-2-20-10(19)6(18)3-4-17-5-14-7-8(12)15-11(13)16-9(7)17/h5-6,18H,2-4H2,1H3,(H2,13,15,16). The van der Waals surface area contributed by atoms with E-state index in [0.717, 1.165) is 0 Å². The number of carbonyl (C=O) groups is 1. The first-order chi connectivity index (χ1) is 9.52. The predicted molar refractivity (Wildman–Crippen MR) is 72.0 cm³/mol. The molecule has 20 heavy (non-hydrogen) atoms. The predicted octanol–water partition coefficient (Wildman–Crippen LogP) is 0.376. The minimum Gasteiger partial charge on any atom is -0.464 e. The Hall–Kier alpha value is -1.93. The maximum Gasteiger partial charge on any atom is 0.335 e. The number of nitrogen functional groups attached to an aromatic ring is 1. The van der Waals surface area contributed by atoms with Crippen molar-refractivity contribution in [3.8, 4) is 0 Å². The molecule has 0 radical (unpaired) electrons. The lowest BCUT2D eigenvalue weighted by Crippen LogP contribution is -2.24. The van der Waals surface area contributed by atoms with E-state index in [9.17, 15) is 9.90 Å². The van der Waals surface area contributed by atoms with Gasteiger partial charge in [0.1, 0.15) is 5.52 Å². The van der Waals surface area contributed by atoms with Gasteiger partial charge in [-0.2, -0.15) is 9.97 Å². The van der Waals surface area contributed by atoms with Gasteiger partial charge in [-0.3, -0.25) is 0 Å². The largest absolute Gasteiger partial charge is 0.464 e. The molecule has 0 amide bonds. The number of ether oxygens (including phenoxy) is 1. The van der Waals surface area contributed by atoms with Gasteiger partial charge in [-0.1, -0.05) is 11.6 Å². The zero-order valence-corrected chi connectivity index (χ0v) is 11.5. The van der Waals surface area contributed by atoms with Crippen molar-refractivity contribution in [2.24, 2.45) is 0 Å². The molecule has 2 aromatic rings. The topological polar surface area (TPSA) is 116 Å². The van der Waals surface area contributed by atoms with Gasteiger partial charge in [-0.15, -0.1) is 0 Å². The Bertz CT molecular complexity index is 630. The summed E-state index contributed by atoms with van der Waals surface area (Å²) >= 11 is 5.90. The van der Waals surface area contributed by atoms with Crippen molar-refractivity contribution in [2.45, 2.75) is 26.0 Å². The molecule has 0 saturated carbocycles. The maximum absolute atomic E-state index is 11.3. The van der Waals surface area contributed by atoms with Crippen LogP contribution in [0.3, 0.4) is 0 Å². The fourth-order valence-electron chi connectivity index (χ4n) is 1.71. The molecule has 1 unspecified atom stereocenters. The van der Waals surface area contributed by atoms with Gasteiger partial charge in [0.2, 0.25) is 5.95 Å². The maximum atomic E-state index is 11.3. The number of halogens is 1. The molecule has 0 aliphatic carbocycles. The van der Waals surface area contributed by atoms with Crippen LogP contribution in [0.5, 0.6) is 0 Å². The van der Waals surface area contributed by atoms with Gasteiger partial charge in [0.15, 0.2) is 16.9 Å². The van der Waals surface area contributed by atoms with Crippen molar-refractivity contribution in [1.29, 1.82) is 0 Å². The van der Waals surface area contributed by atoms with Gasteiger partial charge >= 0.3 is 5.97 Å². The second-order valence-corrected chi connectivity index (χ2v) is 4.40. The molecule has 3 N–H and O–H groups in total. The monoisotopic (exact) mass is 299 g/mol. The van der Waals surface area contributed by atoms with Crippen molar-refractivity contribution >= 4 is 34.7 Å². The second-order valence-electron chi connectivity index (χ2n) is 4.04. The van der Waals surface area contributed by atoms with Crippen LogP contribution in [0.2, 0.25) is 5.15 Å². The summed E-state index contributed by atoms with van der Waals surface area (Å²) in [5.41, 5.74) is 6.40. The van der Waals surface area contributed by atoms with E-state index < -0.39 is 12.1 Å². The summed E-state index contributed by atoms with van der Waals surface area (Å²) in [6.07, 6.45) is 0.482. The third kappa shape index (κ3) is 2.97. The zero-order valence-electron chi connectivity index (χ0n) is 10.8. The van der Waals surface area contributed by atoms with Crippen LogP contribution >= 0.6 is 11.6 Å². The summed E-state index contributed by atoms with van der Waals surface area (Å²) in [5.74, 6) is -0.612. The number of aliphatic hydroxyl groups excluding tert-OH is 1. The van der Waals surface area contributed by atoms with E-state index in [0.29, 0.717) is 17.7 Å². The minimum absolute atomic E-state index is 0.0372. The highest BCUT2D eigenvalue weighted by atomic mass is 35.5. The number of aliphatic hydroxyl groups is 1. The Kier molecular flexibility index (Phi) is 4.35. The first kappa shape index (κ1) is 14.5. The molecule has 0 spiro atoms. The van der Waals surface area contributed by atoms with Crippen molar-refractivity contribution in [2.75, 3.05) is 12.3 Å². The molecule has 0 bridgehead atoms. The lowest BCUT2D eigenvalue weighted by Gasteiger charge is -2.10. The van der Waals surface area contributed by atoms with E-state index in [-0.39, 0.29) is 24.1 Å². The van der Waals surface area contributed by atoms with Crippen molar-refractivity contribution < 1.29 is 14.6 Å². The fraction of sp³-hybridized carbons (Fsp3) is 0.455. The SMILES string of the molecule is CCOC(=O)C(O)CCn1cnc2c(Cl)nc(N)nc21. The number of fused-ring (bicyclic) bond motifs is 1. The van der Waals surface area contributed by atoms with Crippen molar-refractivity contribution in [3.05, 3.63) is 11.5 Å². The summed E-state index contributed by atoms with van der Waals surface area (Å²) < 4.78 is 6.36. The summed E-state index contributed by atoms with van der Waals surface area (Å²) in [6, 6.07) is 0. The number of anilines is 1. The number of carbonyl (C=O) groups excluding carboxylic acids is 1. The van der Waals surface area contributed by atoms with Gasteiger partial charge in [0.05, 0.1) is 12.9 Å². The number of aromatic nitrogens is 4. The normalized spacial score (nSPS) is 12.6. The van der Waals surface area contributed by atoms with Crippen LogP contribution < -0.4 is 5.73 Å². The Morgan fingerprint density at radius 1 is 1.60 bits per heavy atom. The average Bonchev–Trinajstić information content (AvgIpc) is 2.79. The Labute approximate surface area is 119 Å². The van der Waals surface area contributed by atoms with Crippen LogP contribution in [0.15, 0.2) is 6.33 Å². The molecule has 8 nitrogen and oxygen atoms in total. The highest BCUT2D eigenvalue weighted by Gasteiger charge is 2.17. The van der Waals surface area contributed by atoms with Crippen molar-refractivity contribution in [3.63, 3.8) is 0 Å². The lowest BCUT2D eigenvalue weighted by atomic mass is 10.2. The Morgan fingerprint density at radius 2 is 2.35 bits per heavy atom. The summed E-state index contributed by atoms with van der Waals surface area (Å²) in [5, 5.41) is 9.80. The van der Waals surface area contributed by atoms with E-state index >= 15 is 0 Å². The fourth-order valence-corrected chi connectivity index (χ4v) is 1.93. The van der Waals surface area contributed by atoms with Gasteiger partial charge in [-0.25, -0.2) is 9.78 Å². The third-order valence-electron chi connectivity index (χ3n) is 2.64. The van der Waals surface area contributed by atoms with Crippen LogP contribution in [-0.4, -0.2) is 43.3 Å². The van der Waals surface area contributed by atoms with Gasteiger partial charge in [0.25, 0.3) is 0 Å². The van der Waals surface area contributed by atoms with Crippen LogP contribution in [0, 0.1) is 0 Å². The van der Waals surface area contributed by atoms with E-state index in [2.05, 4.69) is 15.0 Å². The van der Waals surface area contributed by atoms with Gasteiger partial charge in [-0.05, 0) is 6.92 Å². The molecule has 0 aliphatic heterocycles. The van der Waals surface area contributed by atoms with E-state index in [1.807, 2.05) is 0 Å². The van der Waals surface area contributed by atoms with E-state index in [1.165, 1.54) is 6.33 Å². The number of aryl methyl sites for hydroxylation is 1. The summed E-state index contributed by atoms with van der Waals surface area (Å²) in [6.45, 7) is 2.22. The zero-order chi connectivity index (χ0) is 14.7. The molecule has 2 aromatic heterocycles. The second kappa shape index (κ2) is 6.02. The van der Waals surface area contributed by atoms with E-state index in [4.69, 9.17) is 22.1 Å². The Balaban J connectivity index is 2.13. The van der Waals surface area contributed by atoms with E-state index in [1.54, 1.807) is 11.5 Å². The summed E-state index contributed by atoms with van der Waals surface area (Å²) in [7, 11) is 0. The number of hydrogen-bond donors (Lipinski definition) is 2. The van der Waals surface area contributed by atoms with Crippen LogP contribution in [-0.2, 0) is 16.1 Å². The average molecular weight is 300 g/mol. The Morgan fingerprint density at radius 3 is 3.05 bits per heavy atom. The number of esters is 1. The quantitative estimate of drug-likeness (QED) is 0.605.